The van der Waals surface area contributed by atoms with Crippen LogP contribution >= 0.6 is 0 Å². The molecule has 3 rings (SSSR count). The highest BCUT2D eigenvalue weighted by Gasteiger charge is 2.36. The zero-order valence-electron chi connectivity index (χ0n) is 12.2. The van der Waals surface area contributed by atoms with E-state index in [9.17, 15) is 9.90 Å². The molecule has 0 saturated carbocycles. The molecule has 3 heterocycles. The average Bonchev–Trinajstić information content (AvgIpc) is 2.82. The lowest BCUT2D eigenvalue weighted by atomic mass is 10.2. The van der Waals surface area contributed by atoms with Gasteiger partial charge in [0.1, 0.15) is 23.7 Å². The van der Waals surface area contributed by atoms with Crippen LogP contribution in [-0.4, -0.2) is 48.5 Å². The van der Waals surface area contributed by atoms with E-state index in [1.54, 1.807) is 13.8 Å². The number of aromatic nitrogens is 4. The van der Waals surface area contributed by atoms with Crippen LogP contribution in [-0.2, 0) is 4.74 Å². The van der Waals surface area contributed by atoms with Crippen LogP contribution in [0.15, 0.2) is 4.79 Å². The molecule has 9 nitrogen and oxygen atoms in total. The number of aryl methyl sites for hydroxylation is 2. The van der Waals surface area contributed by atoms with Gasteiger partial charge in [-0.05, 0) is 13.8 Å². The van der Waals surface area contributed by atoms with Crippen LogP contribution in [0.4, 0.5) is 5.82 Å². The number of aliphatic hydroxyl groups excluding tert-OH is 2. The standard InChI is InChI=1S/C13H17N5O4/c1-5-6(2)16-12-10(15-5)11(14)18(13(21)17-12)9-3-7(20)8(4-19)22-9/h7-9,19-20H,3-4,14H2,1-2H3/t7-,8+,9?/m0/s1. The Kier molecular flexibility index (Phi) is 3.55. The molecule has 9 heteroatoms. The molecule has 0 amide bonds. The molecule has 0 aliphatic carbocycles. The summed E-state index contributed by atoms with van der Waals surface area (Å²) in [5, 5.41) is 18.9. The molecule has 0 aromatic carbocycles. The molecular weight excluding hydrogens is 290 g/mol. The summed E-state index contributed by atoms with van der Waals surface area (Å²) in [7, 11) is 0. The van der Waals surface area contributed by atoms with E-state index in [2.05, 4.69) is 15.0 Å². The third kappa shape index (κ3) is 2.23. The SMILES string of the molecule is Cc1nc2nc(=O)n(C3C[C@H](O)[C@@H](CO)O3)c(N)c2nc1C. The minimum absolute atomic E-state index is 0.0846. The van der Waals surface area contributed by atoms with Gasteiger partial charge in [0.15, 0.2) is 5.65 Å². The summed E-state index contributed by atoms with van der Waals surface area (Å²) in [5.74, 6) is 0.0846. The highest BCUT2D eigenvalue weighted by Crippen LogP contribution is 2.30. The van der Waals surface area contributed by atoms with Gasteiger partial charge in [0.25, 0.3) is 0 Å². The normalized spacial score (nSPS) is 25.0. The maximum atomic E-state index is 12.2. The van der Waals surface area contributed by atoms with Crippen molar-refractivity contribution in [2.24, 2.45) is 0 Å². The lowest BCUT2D eigenvalue weighted by Gasteiger charge is -2.17. The summed E-state index contributed by atoms with van der Waals surface area (Å²) in [4.78, 5) is 24.6. The topological polar surface area (TPSA) is 136 Å². The Labute approximate surface area is 125 Å². The van der Waals surface area contributed by atoms with Gasteiger partial charge in [0.2, 0.25) is 0 Å². The van der Waals surface area contributed by atoms with Crippen LogP contribution in [0.3, 0.4) is 0 Å². The molecule has 22 heavy (non-hydrogen) atoms. The first-order valence-corrected chi connectivity index (χ1v) is 6.89. The van der Waals surface area contributed by atoms with E-state index >= 15 is 0 Å². The first-order valence-electron chi connectivity index (χ1n) is 6.89. The zero-order valence-corrected chi connectivity index (χ0v) is 12.2. The number of nitrogen functional groups attached to an aromatic ring is 1. The molecule has 0 spiro atoms. The van der Waals surface area contributed by atoms with Crippen LogP contribution in [0, 0.1) is 13.8 Å². The van der Waals surface area contributed by atoms with Crippen molar-refractivity contribution < 1.29 is 14.9 Å². The number of aliphatic hydroxyl groups is 2. The number of nitrogens with two attached hydrogens (primary N) is 1. The first-order chi connectivity index (χ1) is 10.4. The Morgan fingerprint density at radius 2 is 2.00 bits per heavy atom. The van der Waals surface area contributed by atoms with Crippen molar-refractivity contribution in [3.8, 4) is 0 Å². The van der Waals surface area contributed by atoms with Gasteiger partial charge in [-0.3, -0.25) is 0 Å². The fourth-order valence-electron chi connectivity index (χ4n) is 2.52. The third-order valence-corrected chi connectivity index (χ3v) is 3.87. The van der Waals surface area contributed by atoms with Crippen molar-refractivity contribution in [2.45, 2.75) is 38.7 Å². The van der Waals surface area contributed by atoms with E-state index in [4.69, 9.17) is 15.6 Å². The largest absolute Gasteiger partial charge is 0.394 e. The smallest absolute Gasteiger partial charge is 0.353 e. The number of hydrogen-bond acceptors (Lipinski definition) is 8. The Balaban J connectivity index is 2.15. The van der Waals surface area contributed by atoms with Crippen molar-refractivity contribution in [2.75, 3.05) is 12.3 Å². The summed E-state index contributed by atoms with van der Waals surface area (Å²) in [6.45, 7) is 3.22. The highest BCUT2D eigenvalue weighted by molar-refractivity contribution is 5.81. The molecule has 1 saturated heterocycles. The predicted octanol–water partition coefficient (Wildman–Crippen LogP) is -0.974. The molecule has 118 valence electrons. The molecule has 0 radical (unpaired) electrons. The number of fused-ring (bicyclic) bond motifs is 1. The van der Waals surface area contributed by atoms with E-state index in [-0.39, 0.29) is 24.5 Å². The molecule has 2 aromatic heterocycles. The van der Waals surface area contributed by atoms with E-state index in [1.165, 1.54) is 0 Å². The number of hydrogen-bond donors (Lipinski definition) is 3. The first kappa shape index (κ1) is 14.8. The molecule has 2 aromatic rings. The van der Waals surface area contributed by atoms with E-state index < -0.39 is 24.1 Å². The maximum absolute atomic E-state index is 12.2. The van der Waals surface area contributed by atoms with Gasteiger partial charge in [-0.1, -0.05) is 0 Å². The number of nitrogens with zero attached hydrogens (tertiary/aromatic N) is 4. The van der Waals surface area contributed by atoms with E-state index in [1.807, 2.05) is 0 Å². The van der Waals surface area contributed by atoms with E-state index in [0.29, 0.717) is 16.9 Å². The Hall–Kier alpha value is -2.10. The van der Waals surface area contributed by atoms with Crippen LogP contribution in [0.1, 0.15) is 24.0 Å². The minimum atomic E-state index is -0.872. The van der Waals surface area contributed by atoms with Gasteiger partial charge < -0.3 is 20.7 Å². The Morgan fingerprint density at radius 1 is 1.32 bits per heavy atom. The van der Waals surface area contributed by atoms with Crippen molar-refractivity contribution >= 4 is 17.0 Å². The fourth-order valence-corrected chi connectivity index (χ4v) is 2.52. The highest BCUT2D eigenvalue weighted by atomic mass is 16.5. The van der Waals surface area contributed by atoms with Gasteiger partial charge in [0, 0.05) is 6.42 Å². The summed E-state index contributed by atoms with van der Waals surface area (Å²) < 4.78 is 6.61. The predicted molar refractivity (Wildman–Crippen MR) is 77.1 cm³/mol. The van der Waals surface area contributed by atoms with Crippen molar-refractivity contribution in [3.63, 3.8) is 0 Å². The average molecular weight is 307 g/mol. The van der Waals surface area contributed by atoms with Gasteiger partial charge in [-0.2, -0.15) is 4.98 Å². The van der Waals surface area contributed by atoms with Gasteiger partial charge in [-0.15, -0.1) is 0 Å². The fraction of sp³-hybridized carbons (Fsp3) is 0.538. The second-order valence-electron chi connectivity index (χ2n) is 5.33. The minimum Gasteiger partial charge on any atom is -0.394 e. The lowest BCUT2D eigenvalue weighted by Crippen LogP contribution is -2.30. The summed E-state index contributed by atoms with van der Waals surface area (Å²) in [5.41, 5.74) is 7.27. The molecule has 1 unspecified atom stereocenters. The summed E-state index contributed by atoms with van der Waals surface area (Å²) in [6, 6.07) is 0. The van der Waals surface area contributed by atoms with Crippen LogP contribution < -0.4 is 11.4 Å². The van der Waals surface area contributed by atoms with Crippen molar-refractivity contribution in [1.82, 2.24) is 19.5 Å². The van der Waals surface area contributed by atoms with Gasteiger partial charge >= 0.3 is 5.69 Å². The zero-order chi connectivity index (χ0) is 16.0. The molecule has 4 N–H and O–H groups in total. The summed E-state index contributed by atoms with van der Waals surface area (Å²) >= 11 is 0. The number of rotatable bonds is 2. The summed E-state index contributed by atoms with van der Waals surface area (Å²) in [6.07, 6.45) is -2.28. The van der Waals surface area contributed by atoms with Crippen LogP contribution in [0.5, 0.6) is 0 Å². The van der Waals surface area contributed by atoms with Crippen LogP contribution in [0.2, 0.25) is 0 Å². The number of ether oxygens (including phenoxy) is 1. The molecule has 0 bridgehead atoms. The number of anilines is 1. The lowest BCUT2D eigenvalue weighted by molar-refractivity contribution is -0.0449. The molecule has 1 aliphatic rings. The maximum Gasteiger partial charge on any atom is 0.353 e. The third-order valence-electron chi connectivity index (χ3n) is 3.87. The second-order valence-corrected chi connectivity index (χ2v) is 5.33. The van der Waals surface area contributed by atoms with Gasteiger partial charge in [0.05, 0.1) is 24.1 Å². The Bertz CT molecular complexity index is 790. The van der Waals surface area contributed by atoms with Gasteiger partial charge in [-0.25, -0.2) is 19.3 Å². The second kappa shape index (κ2) is 5.27. The van der Waals surface area contributed by atoms with Crippen LogP contribution in [0.25, 0.3) is 11.2 Å². The molecule has 1 aliphatic heterocycles. The van der Waals surface area contributed by atoms with Crippen molar-refractivity contribution in [3.05, 3.63) is 21.9 Å². The monoisotopic (exact) mass is 307 g/mol. The molecular formula is C13H17N5O4. The van der Waals surface area contributed by atoms with E-state index in [0.717, 1.165) is 4.57 Å². The molecule has 3 atom stereocenters. The van der Waals surface area contributed by atoms with Crippen molar-refractivity contribution in [1.29, 1.82) is 0 Å². The molecule has 1 fully saturated rings. The quantitative estimate of drug-likeness (QED) is 0.644. The Morgan fingerprint density at radius 3 is 2.64 bits per heavy atom.